The van der Waals surface area contributed by atoms with E-state index in [1.807, 2.05) is 0 Å². The summed E-state index contributed by atoms with van der Waals surface area (Å²) >= 11 is 0. The quantitative estimate of drug-likeness (QED) is 0.709. The molecule has 0 atom stereocenters. The van der Waals surface area contributed by atoms with E-state index in [1.165, 1.54) is 0 Å². The van der Waals surface area contributed by atoms with Gasteiger partial charge < -0.3 is 0 Å². The van der Waals surface area contributed by atoms with E-state index >= 15 is 0 Å². The number of carbonyl (C=O) groups excluding carboxylic acids is 2. The van der Waals surface area contributed by atoms with Crippen molar-refractivity contribution in [2.45, 2.75) is 6.18 Å². The van der Waals surface area contributed by atoms with Crippen LogP contribution in [-0.4, -0.2) is 18.8 Å². The van der Waals surface area contributed by atoms with E-state index in [0.717, 1.165) is 19.2 Å². The first-order chi connectivity index (χ1) is 7.86. The number of ketones is 1. The van der Waals surface area contributed by atoms with Gasteiger partial charge >= 0.3 is 12.1 Å². The number of nitrogens with zero attached hydrogens (tertiary/aromatic N) is 1. The molecule has 0 aromatic heterocycles. The molecule has 1 heterocycles. The van der Waals surface area contributed by atoms with Crippen LogP contribution in [-0.2, 0) is 15.8 Å². The summed E-state index contributed by atoms with van der Waals surface area (Å²) in [5.41, 5.74) is -1.22. The Balaban J connectivity index is 2.57. The number of halogens is 3. The van der Waals surface area contributed by atoms with Crippen LogP contribution in [0.3, 0.4) is 0 Å². The predicted octanol–water partition coefficient (Wildman–Crippen LogP) is 1.80. The maximum atomic E-state index is 12.5. The molecule has 2 rings (SSSR count). The molecule has 4 nitrogen and oxygen atoms in total. The Labute approximate surface area is 93.5 Å². The molecule has 0 aliphatic carbocycles. The van der Waals surface area contributed by atoms with E-state index in [0.29, 0.717) is 11.1 Å². The molecule has 1 aliphatic heterocycles. The van der Waals surface area contributed by atoms with E-state index in [2.05, 4.69) is 4.84 Å². The van der Waals surface area contributed by atoms with Crippen LogP contribution in [0.5, 0.6) is 0 Å². The average molecular weight is 245 g/mol. The van der Waals surface area contributed by atoms with Crippen molar-refractivity contribution >= 4 is 17.4 Å². The monoisotopic (exact) mass is 245 g/mol. The Bertz CT molecular complexity index is 510. The molecule has 1 aliphatic rings. The summed E-state index contributed by atoms with van der Waals surface area (Å²) in [6.45, 7) is 0. The van der Waals surface area contributed by atoms with Gasteiger partial charge in [0.15, 0.2) is 0 Å². The number of amides is 1. The van der Waals surface area contributed by atoms with Gasteiger partial charge in [-0.15, -0.1) is 0 Å². The summed E-state index contributed by atoms with van der Waals surface area (Å²) in [7, 11) is 1.10. The van der Waals surface area contributed by atoms with E-state index in [-0.39, 0.29) is 11.3 Å². The van der Waals surface area contributed by atoms with Crippen molar-refractivity contribution < 1.29 is 27.6 Å². The number of alkyl halides is 3. The fourth-order valence-corrected chi connectivity index (χ4v) is 1.57. The van der Waals surface area contributed by atoms with Crippen molar-refractivity contribution in [3.63, 3.8) is 0 Å². The highest BCUT2D eigenvalue weighted by atomic mass is 19.4. The molecule has 0 spiro atoms. The minimum absolute atomic E-state index is 0.0927. The molecule has 0 radical (unpaired) electrons. The lowest BCUT2D eigenvalue weighted by atomic mass is 10.1. The molecule has 0 saturated carbocycles. The van der Waals surface area contributed by atoms with Crippen molar-refractivity contribution in [1.82, 2.24) is 0 Å². The van der Waals surface area contributed by atoms with Crippen LogP contribution < -0.4 is 5.06 Å². The van der Waals surface area contributed by atoms with Crippen LogP contribution >= 0.6 is 0 Å². The lowest BCUT2D eigenvalue weighted by Gasteiger charge is -2.14. The number of anilines is 1. The maximum Gasteiger partial charge on any atom is 0.416 e. The summed E-state index contributed by atoms with van der Waals surface area (Å²) in [6, 6.07) is 2.43. The lowest BCUT2D eigenvalue weighted by molar-refractivity contribution is -0.137. The Morgan fingerprint density at radius 3 is 2.41 bits per heavy atom. The zero-order valence-electron chi connectivity index (χ0n) is 8.54. The van der Waals surface area contributed by atoms with Crippen LogP contribution in [0.4, 0.5) is 18.9 Å². The lowest BCUT2D eigenvalue weighted by Crippen LogP contribution is -2.28. The van der Waals surface area contributed by atoms with Crippen molar-refractivity contribution in [2.24, 2.45) is 0 Å². The Hall–Kier alpha value is -1.89. The van der Waals surface area contributed by atoms with Crippen molar-refractivity contribution in [1.29, 1.82) is 0 Å². The second-order valence-corrected chi connectivity index (χ2v) is 3.34. The van der Waals surface area contributed by atoms with E-state index < -0.39 is 23.4 Å². The molecule has 1 aromatic rings. The summed E-state index contributed by atoms with van der Waals surface area (Å²) in [6.07, 6.45) is -4.54. The number of carbonyl (C=O) groups is 2. The zero-order chi connectivity index (χ0) is 12.8. The molecule has 90 valence electrons. The fourth-order valence-electron chi connectivity index (χ4n) is 1.57. The number of benzene rings is 1. The molecule has 0 bridgehead atoms. The number of hydrogen-bond donors (Lipinski definition) is 0. The predicted molar refractivity (Wildman–Crippen MR) is 50.3 cm³/mol. The van der Waals surface area contributed by atoms with Gasteiger partial charge in [0.2, 0.25) is 0 Å². The summed E-state index contributed by atoms with van der Waals surface area (Å²) < 4.78 is 37.4. The maximum absolute atomic E-state index is 12.5. The highest BCUT2D eigenvalue weighted by Gasteiger charge is 2.39. The van der Waals surface area contributed by atoms with Crippen LogP contribution in [0.15, 0.2) is 18.2 Å². The van der Waals surface area contributed by atoms with Gasteiger partial charge in [0.25, 0.3) is 5.78 Å². The normalized spacial score (nSPS) is 15.4. The highest BCUT2D eigenvalue weighted by molar-refractivity contribution is 6.51. The van der Waals surface area contributed by atoms with Gasteiger partial charge in [-0.3, -0.25) is 14.4 Å². The first kappa shape index (κ1) is 11.6. The topological polar surface area (TPSA) is 46.6 Å². The third-order valence-corrected chi connectivity index (χ3v) is 2.35. The number of rotatable bonds is 1. The van der Waals surface area contributed by atoms with Crippen LogP contribution in [0, 0.1) is 0 Å². The van der Waals surface area contributed by atoms with Crippen molar-refractivity contribution in [2.75, 3.05) is 12.2 Å². The molecule has 0 unspecified atom stereocenters. The van der Waals surface area contributed by atoms with Gasteiger partial charge in [-0.1, -0.05) is 0 Å². The third kappa shape index (κ3) is 1.68. The van der Waals surface area contributed by atoms with E-state index in [4.69, 9.17) is 0 Å². The van der Waals surface area contributed by atoms with Gasteiger partial charge in [-0.05, 0) is 18.2 Å². The van der Waals surface area contributed by atoms with Gasteiger partial charge in [-0.2, -0.15) is 18.2 Å². The Morgan fingerprint density at radius 2 is 1.88 bits per heavy atom. The average Bonchev–Trinajstić information content (AvgIpc) is 2.50. The first-order valence-electron chi connectivity index (χ1n) is 4.50. The second-order valence-electron chi connectivity index (χ2n) is 3.34. The molecule has 1 aromatic carbocycles. The molecule has 0 saturated heterocycles. The molecular weight excluding hydrogens is 239 g/mol. The standard InChI is InChI=1S/C10H6F3NO3/c1-17-14-7-4-5(10(11,12)13)2-3-6(7)8(15)9(14)16/h2-4H,1H3. The summed E-state index contributed by atoms with van der Waals surface area (Å²) in [5.74, 6) is -1.88. The minimum atomic E-state index is -4.54. The number of hydroxylamine groups is 1. The van der Waals surface area contributed by atoms with E-state index in [1.54, 1.807) is 0 Å². The Kier molecular flexibility index (Phi) is 2.43. The van der Waals surface area contributed by atoms with Gasteiger partial charge in [0.05, 0.1) is 23.9 Å². The van der Waals surface area contributed by atoms with Crippen LogP contribution in [0.1, 0.15) is 15.9 Å². The first-order valence-corrected chi connectivity index (χ1v) is 4.50. The van der Waals surface area contributed by atoms with Crippen LogP contribution in [0.25, 0.3) is 0 Å². The van der Waals surface area contributed by atoms with Gasteiger partial charge in [0.1, 0.15) is 0 Å². The molecule has 1 amide bonds. The zero-order valence-corrected chi connectivity index (χ0v) is 8.54. The number of hydrogen-bond acceptors (Lipinski definition) is 3. The van der Waals surface area contributed by atoms with Crippen molar-refractivity contribution in [3.05, 3.63) is 29.3 Å². The number of fused-ring (bicyclic) bond motifs is 1. The molecular formula is C10H6F3NO3. The summed E-state index contributed by atoms with van der Waals surface area (Å²) in [4.78, 5) is 27.3. The third-order valence-electron chi connectivity index (χ3n) is 2.35. The fraction of sp³-hybridized carbons (Fsp3) is 0.200. The molecule has 0 fully saturated rings. The minimum Gasteiger partial charge on any atom is -0.283 e. The molecule has 0 N–H and O–H groups in total. The van der Waals surface area contributed by atoms with Crippen molar-refractivity contribution in [3.8, 4) is 0 Å². The summed E-state index contributed by atoms with van der Waals surface area (Å²) in [5, 5.41) is 0.549. The second kappa shape index (κ2) is 3.56. The largest absolute Gasteiger partial charge is 0.416 e. The highest BCUT2D eigenvalue weighted by Crippen LogP contribution is 2.36. The molecule has 17 heavy (non-hydrogen) atoms. The SMILES string of the molecule is CON1C(=O)C(=O)c2ccc(C(F)(F)F)cc21. The van der Waals surface area contributed by atoms with E-state index in [9.17, 15) is 22.8 Å². The number of Topliss-reactive ketones (excluding diaryl/α,β-unsaturated/α-hetero) is 1. The Morgan fingerprint density at radius 1 is 1.24 bits per heavy atom. The van der Waals surface area contributed by atoms with Gasteiger partial charge in [0, 0.05) is 0 Å². The molecule has 7 heteroatoms. The smallest absolute Gasteiger partial charge is 0.283 e. The van der Waals surface area contributed by atoms with Crippen LogP contribution in [0.2, 0.25) is 0 Å². The van der Waals surface area contributed by atoms with Gasteiger partial charge in [-0.25, -0.2) is 0 Å².